The van der Waals surface area contributed by atoms with Crippen LogP contribution in [0.4, 0.5) is 5.95 Å². The van der Waals surface area contributed by atoms with Crippen LogP contribution in [0.1, 0.15) is 49.7 Å². The first-order valence-corrected chi connectivity index (χ1v) is 5.86. The number of anilines is 1. The van der Waals surface area contributed by atoms with Gasteiger partial charge in [-0.15, -0.1) is 0 Å². The van der Waals surface area contributed by atoms with Gasteiger partial charge in [-0.3, -0.25) is 0 Å². The Hall–Kier alpha value is -1.65. The lowest BCUT2D eigenvalue weighted by atomic mass is 10.1. The maximum Gasteiger partial charge on any atom is 0.339 e. The van der Waals surface area contributed by atoms with E-state index in [1.807, 2.05) is 32.6 Å². The molecule has 94 valence electrons. The van der Waals surface area contributed by atoms with Crippen molar-refractivity contribution in [2.45, 2.75) is 33.6 Å². The second kappa shape index (κ2) is 5.61. The zero-order chi connectivity index (χ0) is 13.0. The van der Waals surface area contributed by atoms with E-state index in [1.54, 1.807) is 0 Å². The van der Waals surface area contributed by atoms with Crippen molar-refractivity contribution in [3.8, 4) is 0 Å². The molecule has 1 N–H and O–H groups in total. The minimum atomic E-state index is -0.972. The van der Waals surface area contributed by atoms with Crippen LogP contribution in [0, 0.1) is 0 Å². The molecular formula is C12H19N3O2. The van der Waals surface area contributed by atoms with Gasteiger partial charge in [0.25, 0.3) is 0 Å². The van der Waals surface area contributed by atoms with Crippen molar-refractivity contribution in [1.29, 1.82) is 0 Å². The number of aromatic carboxylic acids is 1. The molecule has 0 unspecified atom stereocenters. The van der Waals surface area contributed by atoms with Gasteiger partial charge in [-0.05, 0) is 19.8 Å². The average Bonchev–Trinajstić information content (AvgIpc) is 2.30. The summed E-state index contributed by atoms with van der Waals surface area (Å²) in [4.78, 5) is 21.5. The Labute approximate surface area is 102 Å². The lowest BCUT2D eigenvalue weighted by Gasteiger charge is -2.20. The lowest BCUT2D eigenvalue weighted by molar-refractivity contribution is 0.0694. The molecule has 0 amide bonds. The van der Waals surface area contributed by atoms with Gasteiger partial charge in [0.2, 0.25) is 5.95 Å². The highest BCUT2D eigenvalue weighted by Gasteiger charge is 2.17. The molecule has 0 aliphatic carbocycles. The molecule has 0 radical (unpaired) electrons. The molecule has 0 bridgehead atoms. The average molecular weight is 237 g/mol. The van der Waals surface area contributed by atoms with Gasteiger partial charge in [0, 0.05) is 19.3 Å². The number of hydrogen-bond donors (Lipinski definition) is 1. The Morgan fingerprint density at radius 1 is 1.41 bits per heavy atom. The van der Waals surface area contributed by atoms with Crippen molar-refractivity contribution in [3.63, 3.8) is 0 Å². The Bertz CT molecular complexity index is 401. The van der Waals surface area contributed by atoms with E-state index >= 15 is 0 Å². The minimum Gasteiger partial charge on any atom is -0.478 e. The van der Waals surface area contributed by atoms with Gasteiger partial charge in [-0.1, -0.05) is 13.8 Å². The molecule has 0 saturated heterocycles. The second-order valence-corrected chi connectivity index (χ2v) is 4.10. The molecule has 1 heterocycles. The van der Waals surface area contributed by atoms with Gasteiger partial charge in [0.1, 0.15) is 0 Å². The molecule has 1 rings (SSSR count). The molecule has 0 spiro atoms. The monoisotopic (exact) mass is 237 g/mol. The molecule has 0 fully saturated rings. The first kappa shape index (κ1) is 13.4. The highest BCUT2D eigenvalue weighted by Crippen LogP contribution is 2.19. The molecular weight excluding hydrogens is 218 g/mol. The Balaban J connectivity index is 3.22. The van der Waals surface area contributed by atoms with Crippen molar-refractivity contribution >= 4 is 11.9 Å². The van der Waals surface area contributed by atoms with Gasteiger partial charge in [-0.25, -0.2) is 14.8 Å². The van der Waals surface area contributed by atoms with Crippen LogP contribution in [0.2, 0.25) is 0 Å². The lowest BCUT2D eigenvalue weighted by Crippen LogP contribution is -2.25. The van der Waals surface area contributed by atoms with E-state index in [4.69, 9.17) is 5.11 Å². The van der Waals surface area contributed by atoms with Crippen molar-refractivity contribution in [1.82, 2.24) is 9.97 Å². The van der Waals surface area contributed by atoms with Crippen LogP contribution in [0.5, 0.6) is 0 Å². The van der Waals surface area contributed by atoms with Crippen molar-refractivity contribution < 1.29 is 9.90 Å². The smallest absolute Gasteiger partial charge is 0.339 e. The molecule has 0 atom stereocenters. The quantitative estimate of drug-likeness (QED) is 0.849. The van der Waals surface area contributed by atoms with Gasteiger partial charge < -0.3 is 10.0 Å². The molecule has 1 aromatic rings. The molecule has 1 aromatic heterocycles. The molecule has 17 heavy (non-hydrogen) atoms. The summed E-state index contributed by atoms with van der Waals surface area (Å²) in [5.41, 5.74) is 0.783. The summed E-state index contributed by atoms with van der Waals surface area (Å²) in [5.74, 6) is -0.304. The topological polar surface area (TPSA) is 66.3 Å². The minimum absolute atomic E-state index is 0.0680. The summed E-state index contributed by atoms with van der Waals surface area (Å²) in [6, 6.07) is 0. The molecule has 5 nitrogen and oxygen atoms in total. The van der Waals surface area contributed by atoms with Crippen LogP contribution in [0.3, 0.4) is 0 Å². The van der Waals surface area contributed by atoms with Crippen molar-refractivity contribution in [2.24, 2.45) is 0 Å². The van der Waals surface area contributed by atoms with Gasteiger partial charge in [0.15, 0.2) is 0 Å². The highest BCUT2D eigenvalue weighted by atomic mass is 16.4. The van der Waals surface area contributed by atoms with E-state index in [2.05, 4.69) is 9.97 Å². The predicted molar refractivity (Wildman–Crippen MR) is 66.6 cm³/mol. The summed E-state index contributed by atoms with van der Waals surface area (Å²) < 4.78 is 0. The Kier molecular flexibility index (Phi) is 4.43. The molecule has 0 aliphatic rings. The standard InChI is InChI=1S/C12H19N3O2/c1-5-15(6-2)12-13-7-9(11(16)17)10(14-12)8(3)4/h7-8H,5-6H2,1-4H3,(H,16,17). The number of carboxylic acids is 1. The number of hydrogen-bond acceptors (Lipinski definition) is 4. The van der Waals surface area contributed by atoms with Gasteiger partial charge >= 0.3 is 5.97 Å². The number of carboxylic acid groups (broad SMARTS) is 1. The largest absolute Gasteiger partial charge is 0.478 e. The summed E-state index contributed by atoms with van der Waals surface area (Å²) >= 11 is 0. The summed E-state index contributed by atoms with van der Waals surface area (Å²) in [5, 5.41) is 9.06. The zero-order valence-corrected chi connectivity index (χ0v) is 10.8. The van der Waals surface area contributed by atoms with Gasteiger partial charge in [0.05, 0.1) is 11.3 Å². The number of carbonyl (C=O) groups is 1. The fourth-order valence-corrected chi connectivity index (χ4v) is 1.65. The van der Waals surface area contributed by atoms with E-state index < -0.39 is 5.97 Å². The number of nitrogens with zero attached hydrogens (tertiary/aromatic N) is 3. The van der Waals surface area contributed by atoms with E-state index in [-0.39, 0.29) is 11.5 Å². The van der Waals surface area contributed by atoms with Crippen molar-refractivity contribution in [3.05, 3.63) is 17.5 Å². The van der Waals surface area contributed by atoms with Crippen LogP contribution < -0.4 is 4.90 Å². The molecule has 5 heteroatoms. The first-order chi connectivity index (χ1) is 8.01. The SMILES string of the molecule is CCN(CC)c1ncc(C(=O)O)c(C(C)C)n1. The third-order valence-electron chi connectivity index (χ3n) is 2.63. The zero-order valence-electron chi connectivity index (χ0n) is 10.8. The third-order valence-corrected chi connectivity index (χ3v) is 2.63. The molecule has 0 aromatic carbocycles. The normalized spacial score (nSPS) is 10.6. The van der Waals surface area contributed by atoms with Crippen LogP contribution >= 0.6 is 0 Å². The van der Waals surface area contributed by atoms with E-state index in [9.17, 15) is 4.79 Å². The number of rotatable bonds is 5. The predicted octanol–water partition coefficient (Wildman–Crippen LogP) is 2.14. The first-order valence-electron chi connectivity index (χ1n) is 5.86. The van der Waals surface area contributed by atoms with Gasteiger partial charge in [-0.2, -0.15) is 0 Å². The fraction of sp³-hybridized carbons (Fsp3) is 0.583. The summed E-state index contributed by atoms with van der Waals surface area (Å²) in [6.45, 7) is 9.52. The van der Waals surface area contributed by atoms with Crippen LogP contribution in [0.15, 0.2) is 6.20 Å². The summed E-state index contributed by atoms with van der Waals surface area (Å²) in [7, 11) is 0. The summed E-state index contributed by atoms with van der Waals surface area (Å²) in [6.07, 6.45) is 1.40. The maximum absolute atomic E-state index is 11.1. The van der Waals surface area contributed by atoms with E-state index in [0.717, 1.165) is 13.1 Å². The molecule has 0 saturated carbocycles. The Morgan fingerprint density at radius 2 is 2.00 bits per heavy atom. The fourth-order valence-electron chi connectivity index (χ4n) is 1.65. The maximum atomic E-state index is 11.1. The Morgan fingerprint density at radius 3 is 2.41 bits per heavy atom. The van der Waals surface area contributed by atoms with Crippen LogP contribution in [-0.4, -0.2) is 34.1 Å². The highest BCUT2D eigenvalue weighted by molar-refractivity contribution is 5.88. The van der Waals surface area contributed by atoms with E-state index in [0.29, 0.717) is 11.6 Å². The molecule has 0 aliphatic heterocycles. The third kappa shape index (κ3) is 2.93. The van der Waals surface area contributed by atoms with Crippen LogP contribution in [-0.2, 0) is 0 Å². The second-order valence-electron chi connectivity index (χ2n) is 4.10. The number of aromatic nitrogens is 2. The van der Waals surface area contributed by atoms with E-state index in [1.165, 1.54) is 6.20 Å². The van der Waals surface area contributed by atoms with Crippen molar-refractivity contribution in [2.75, 3.05) is 18.0 Å². The van der Waals surface area contributed by atoms with Crippen LogP contribution in [0.25, 0.3) is 0 Å².